The van der Waals surface area contributed by atoms with E-state index in [9.17, 15) is 13.5 Å². The molecule has 18 heavy (non-hydrogen) atoms. The van der Waals surface area contributed by atoms with Crippen molar-refractivity contribution in [3.05, 3.63) is 29.8 Å². The maximum absolute atomic E-state index is 12.0. The second kappa shape index (κ2) is 5.36. The molecule has 100 valence electrons. The zero-order valence-electron chi connectivity index (χ0n) is 10.1. The fourth-order valence-electron chi connectivity index (χ4n) is 1.74. The Morgan fingerprint density at radius 2 is 2.00 bits per heavy atom. The maximum Gasteiger partial charge on any atom is 0.297 e. The van der Waals surface area contributed by atoms with Crippen LogP contribution in [0.4, 0.5) is 0 Å². The standard InChI is InChI=1S/C12H16O5S/c1-9-2-4-10(5-3-9)18(14,15)17-12-6-7-16-8-11(12)13/h2-5,11-13H,6-8H2,1H3/t11-,12+/m1/s1. The van der Waals surface area contributed by atoms with Crippen LogP contribution in [0.25, 0.3) is 0 Å². The number of hydrogen-bond acceptors (Lipinski definition) is 5. The molecule has 2 rings (SSSR count). The molecule has 0 amide bonds. The molecule has 0 bridgehead atoms. The molecule has 0 unspecified atom stereocenters. The molecule has 0 radical (unpaired) electrons. The Balaban J connectivity index is 2.13. The number of hydrogen-bond donors (Lipinski definition) is 1. The van der Waals surface area contributed by atoms with Crippen molar-refractivity contribution in [3.63, 3.8) is 0 Å². The Kier molecular flexibility index (Phi) is 4.01. The number of aryl methyl sites for hydroxylation is 1. The van der Waals surface area contributed by atoms with Crippen LogP contribution in [-0.2, 0) is 19.0 Å². The van der Waals surface area contributed by atoms with Gasteiger partial charge in [0.05, 0.1) is 11.5 Å². The summed E-state index contributed by atoms with van der Waals surface area (Å²) < 4.78 is 34.0. The third kappa shape index (κ3) is 3.08. The highest BCUT2D eigenvalue weighted by Gasteiger charge is 2.30. The highest BCUT2D eigenvalue weighted by atomic mass is 32.2. The van der Waals surface area contributed by atoms with Crippen molar-refractivity contribution in [1.82, 2.24) is 0 Å². The molecule has 1 aromatic carbocycles. The van der Waals surface area contributed by atoms with Gasteiger partial charge in [0.15, 0.2) is 0 Å². The average Bonchev–Trinajstić information content (AvgIpc) is 2.32. The summed E-state index contributed by atoms with van der Waals surface area (Å²) in [6, 6.07) is 6.40. The van der Waals surface area contributed by atoms with Gasteiger partial charge in [-0.05, 0) is 19.1 Å². The Morgan fingerprint density at radius 1 is 1.33 bits per heavy atom. The third-order valence-electron chi connectivity index (χ3n) is 2.82. The lowest BCUT2D eigenvalue weighted by atomic mass is 10.1. The van der Waals surface area contributed by atoms with Crippen molar-refractivity contribution in [2.45, 2.75) is 30.4 Å². The largest absolute Gasteiger partial charge is 0.388 e. The van der Waals surface area contributed by atoms with Crippen LogP contribution in [0.5, 0.6) is 0 Å². The molecule has 1 saturated heterocycles. The fourth-order valence-corrected chi connectivity index (χ4v) is 2.87. The van der Waals surface area contributed by atoms with Gasteiger partial charge in [0.1, 0.15) is 12.2 Å². The molecular weight excluding hydrogens is 256 g/mol. The van der Waals surface area contributed by atoms with Crippen LogP contribution in [-0.4, -0.2) is 38.9 Å². The van der Waals surface area contributed by atoms with Gasteiger partial charge >= 0.3 is 0 Å². The Bertz CT molecular complexity index is 494. The molecule has 0 aromatic heterocycles. The van der Waals surface area contributed by atoms with Gasteiger partial charge in [-0.2, -0.15) is 8.42 Å². The predicted octanol–water partition coefficient (Wildman–Crippen LogP) is 0.850. The summed E-state index contributed by atoms with van der Waals surface area (Å²) in [4.78, 5) is 0.104. The molecule has 0 saturated carbocycles. The van der Waals surface area contributed by atoms with Crippen LogP contribution in [0.3, 0.4) is 0 Å². The zero-order valence-corrected chi connectivity index (χ0v) is 10.9. The first-order valence-corrected chi connectivity index (χ1v) is 7.15. The van der Waals surface area contributed by atoms with Gasteiger partial charge in [0, 0.05) is 13.0 Å². The SMILES string of the molecule is Cc1ccc(S(=O)(=O)O[C@H]2CCOC[C@H]2O)cc1. The van der Waals surface area contributed by atoms with Crippen LogP contribution >= 0.6 is 0 Å². The van der Waals surface area contributed by atoms with E-state index in [0.717, 1.165) is 5.56 Å². The van der Waals surface area contributed by atoms with E-state index in [1.165, 1.54) is 12.1 Å². The number of ether oxygens (including phenoxy) is 1. The van der Waals surface area contributed by atoms with E-state index in [2.05, 4.69) is 0 Å². The van der Waals surface area contributed by atoms with E-state index in [1.54, 1.807) is 12.1 Å². The first kappa shape index (κ1) is 13.5. The third-order valence-corrected chi connectivity index (χ3v) is 4.17. The van der Waals surface area contributed by atoms with Crippen LogP contribution in [0.15, 0.2) is 29.2 Å². The molecule has 0 aliphatic carbocycles. The summed E-state index contributed by atoms with van der Waals surface area (Å²) in [7, 11) is -3.83. The van der Waals surface area contributed by atoms with Gasteiger partial charge in [-0.1, -0.05) is 17.7 Å². The summed E-state index contributed by atoms with van der Waals surface area (Å²) in [5.41, 5.74) is 0.972. The summed E-state index contributed by atoms with van der Waals surface area (Å²) in [6.07, 6.45) is -1.27. The number of aliphatic hydroxyl groups excluding tert-OH is 1. The van der Waals surface area contributed by atoms with E-state index >= 15 is 0 Å². The number of benzene rings is 1. The second-order valence-electron chi connectivity index (χ2n) is 4.33. The predicted molar refractivity (Wildman–Crippen MR) is 64.7 cm³/mol. The minimum atomic E-state index is -3.83. The minimum Gasteiger partial charge on any atom is -0.388 e. The van der Waals surface area contributed by atoms with E-state index < -0.39 is 22.3 Å². The van der Waals surface area contributed by atoms with Crippen molar-refractivity contribution in [3.8, 4) is 0 Å². The summed E-state index contributed by atoms with van der Waals surface area (Å²) in [5.74, 6) is 0. The van der Waals surface area contributed by atoms with Crippen LogP contribution < -0.4 is 0 Å². The molecule has 6 heteroatoms. The van der Waals surface area contributed by atoms with Crippen LogP contribution in [0.1, 0.15) is 12.0 Å². The van der Waals surface area contributed by atoms with Crippen molar-refractivity contribution < 1.29 is 22.4 Å². The van der Waals surface area contributed by atoms with Crippen molar-refractivity contribution in [1.29, 1.82) is 0 Å². The smallest absolute Gasteiger partial charge is 0.297 e. The van der Waals surface area contributed by atoms with E-state index in [4.69, 9.17) is 8.92 Å². The van der Waals surface area contributed by atoms with Gasteiger partial charge in [-0.3, -0.25) is 4.18 Å². The molecular formula is C12H16O5S. The minimum absolute atomic E-state index is 0.104. The molecule has 0 spiro atoms. The van der Waals surface area contributed by atoms with Crippen molar-refractivity contribution >= 4 is 10.1 Å². The number of aliphatic hydroxyl groups is 1. The fraction of sp³-hybridized carbons (Fsp3) is 0.500. The lowest BCUT2D eigenvalue weighted by Crippen LogP contribution is -2.39. The quantitative estimate of drug-likeness (QED) is 0.826. The molecule has 1 aliphatic heterocycles. The Hall–Kier alpha value is -0.950. The van der Waals surface area contributed by atoms with Crippen LogP contribution in [0, 0.1) is 6.92 Å². The lowest BCUT2D eigenvalue weighted by molar-refractivity contribution is -0.0730. The van der Waals surface area contributed by atoms with Gasteiger partial charge < -0.3 is 9.84 Å². The highest BCUT2D eigenvalue weighted by molar-refractivity contribution is 7.86. The molecule has 1 heterocycles. The summed E-state index contributed by atoms with van der Waals surface area (Å²) in [6.45, 7) is 2.37. The first-order chi connectivity index (χ1) is 8.49. The van der Waals surface area contributed by atoms with Gasteiger partial charge in [-0.25, -0.2) is 0 Å². The van der Waals surface area contributed by atoms with E-state index in [0.29, 0.717) is 13.0 Å². The Morgan fingerprint density at radius 3 is 2.61 bits per heavy atom. The first-order valence-electron chi connectivity index (χ1n) is 5.75. The molecule has 1 N–H and O–H groups in total. The van der Waals surface area contributed by atoms with Crippen molar-refractivity contribution in [2.24, 2.45) is 0 Å². The van der Waals surface area contributed by atoms with Gasteiger partial charge in [-0.15, -0.1) is 0 Å². The van der Waals surface area contributed by atoms with E-state index in [1.807, 2.05) is 6.92 Å². The molecule has 1 aliphatic rings. The monoisotopic (exact) mass is 272 g/mol. The normalized spacial score (nSPS) is 25.0. The van der Waals surface area contributed by atoms with Crippen molar-refractivity contribution in [2.75, 3.05) is 13.2 Å². The summed E-state index contributed by atoms with van der Waals surface area (Å²) >= 11 is 0. The lowest BCUT2D eigenvalue weighted by Gasteiger charge is -2.26. The average molecular weight is 272 g/mol. The van der Waals surface area contributed by atoms with Crippen LogP contribution in [0.2, 0.25) is 0 Å². The zero-order chi connectivity index (χ0) is 13.2. The topological polar surface area (TPSA) is 72.8 Å². The highest BCUT2D eigenvalue weighted by Crippen LogP contribution is 2.20. The van der Waals surface area contributed by atoms with E-state index in [-0.39, 0.29) is 11.5 Å². The van der Waals surface area contributed by atoms with Gasteiger partial charge in [0.2, 0.25) is 0 Å². The molecule has 2 atom stereocenters. The molecule has 1 aromatic rings. The Labute approximate surface area is 106 Å². The van der Waals surface area contributed by atoms with Gasteiger partial charge in [0.25, 0.3) is 10.1 Å². The number of rotatable bonds is 3. The maximum atomic E-state index is 12.0. The second-order valence-corrected chi connectivity index (χ2v) is 5.90. The molecule has 5 nitrogen and oxygen atoms in total. The summed E-state index contributed by atoms with van der Waals surface area (Å²) in [5, 5.41) is 9.61. The molecule has 1 fully saturated rings.